The molecule has 17 heavy (non-hydrogen) atoms. The van der Waals surface area contributed by atoms with E-state index in [2.05, 4.69) is 16.0 Å². The molecule has 0 saturated heterocycles. The largest absolute Gasteiger partial charge is 0.346 e. The molecule has 0 fully saturated rings. The molecular weight excluding hydrogens is 217 g/mol. The fourth-order valence-corrected chi connectivity index (χ4v) is 1.73. The van der Waals surface area contributed by atoms with E-state index >= 15 is 0 Å². The summed E-state index contributed by atoms with van der Waals surface area (Å²) in [6.07, 6.45) is 1.02. The van der Waals surface area contributed by atoms with Gasteiger partial charge in [-0.1, -0.05) is 12.1 Å². The Morgan fingerprint density at radius 1 is 1.47 bits per heavy atom. The molecular formula is C13H12FN3. The molecule has 0 aliphatic rings. The number of nitrogens with one attached hydrogen (secondary N) is 1. The summed E-state index contributed by atoms with van der Waals surface area (Å²) in [5.74, 6) is 0.492. The standard InChI is InChI=1S/C13H12FN3/c1-9-13(10-4-2-5-11(14)8-10)17-12(16-9)6-3-7-15/h2,4-5,8H,3,6H2,1H3,(H,16,17). The average Bonchev–Trinajstić information content (AvgIpc) is 2.68. The van der Waals surface area contributed by atoms with Crippen LogP contribution in [0.2, 0.25) is 0 Å². The molecule has 1 aromatic carbocycles. The van der Waals surface area contributed by atoms with Crippen LogP contribution in [0.15, 0.2) is 24.3 Å². The molecule has 0 amide bonds. The summed E-state index contributed by atoms with van der Waals surface area (Å²) in [5, 5.41) is 8.52. The molecule has 2 rings (SSSR count). The number of aromatic nitrogens is 2. The van der Waals surface area contributed by atoms with Crippen molar-refractivity contribution in [3.05, 3.63) is 41.6 Å². The Morgan fingerprint density at radius 2 is 2.29 bits per heavy atom. The van der Waals surface area contributed by atoms with Gasteiger partial charge in [-0.05, 0) is 19.1 Å². The van der Waals surface area contributed by atoms with Gasteiger partial charge in [0.15, 0.2) is 0 Å². The van der Waals surface area contributed by atoms with Gasteiger partial charge < -0.3 is 4.98 Å². The van der Waals surface area contributed by atoms with Gasteiger partial charge in [-0.3, -0.25) is 0 Å². The lowest BCUT2D eigenvalue weighted by Crippen LogP contribution is -1.86. The molecule has 0 saturated carbocycles. The molecule has 2 aromatic rings. The zero-order valence-electron chi connectivity index (χ0n) is 9.50. The predicted molar refractivity (Wildman–Crippen MR) is 62.7 cm³/mol. The van der Waals surface area contributed by atoms with Gasteiger partial charge in [0.2, 0.25) is 0 Å². The summed E-state index contributed by atoms with van der Waals surface area (Å²) in [4.78, 5) is 7.50. The van der Waals surface area contributed by atoms with E-state index in [-0.39, 0.29) is 5.82 Å². The number of aryl methyl sites for hydroxylation is 2. The van der Waals surface area contributed by atoms with E-state index in [0.29, 0.717) is 12.8 Å². The van der Waals surface area contributed by atoms with Crippen LogP contribution in [0.3, 0.4) is 0 Å². The van der Waals surface area contributed by atoms with Crippen LogP contribution >= 0.6 is 0 Å². The second-order valence-electron chi connectivity index (χ2n) is 3.83. The van der Waals surface area contributed by atoms with Crippen molar-refractivity contribution in [1.82, 2.24) is 9.97 Å². The summed E-state index contributed by atoms with van der Waals surface area (Å²) in [6.45, 7) is 1.89. The van der Waals surface area contributed by atoms with Gasteiger partial charge in [0, 0.05) is 24.1 Å². The molecule has 0 radical (unpaired) electrons. The first-order chi connectivity index (χ1) is 8.20. The van der Waals surface area contributed by atoms with Crippen molar-refractivity contribution in [2.45, 2.75) is 19.8 Å². The first kappa shape index (κ1) is 11.3. The molecule has 86 valence electrons. The summed E-state index contributed by atoms with van der Waals surface area (Å²) in [5.41, 5.74) is 2.39. The molecule has 1 heterocycles. The zero-order valence-corrected chi connectivity index (χ0v) is 9.50. The molecule has 0 spiro atoms. The quantitative estimate of drug-likeness (QED) is 0.879. The van der Waals surface area contributed by atoms with Crippen molar-refractivity contribution in [1.29, 1.82) is 5.26 Å². The number of halogens is 1. The van der Waals surface area contributed by atoms with Crippen LogP contribution in [-0.4, -0.2) is 9.97 Å². The van der Waals surface area contributed by atoms with Crippen molar-refractivity contribution < 1.29 is 4.39 Å². The van der Waals surface area contributed by atoms with Gasteiger partial charge in [0.25, 0.3) is 0 Å². The monoisotopic (exact) mass is 229 g/mol. The molecule has 0 unspecified atom stereocenters. The minimum Gasteiger partial charge on any atom is -0.346 e. The Bertz CT molecular complexity index is 566. The van der Waals surface area contributed by atoms with Crippen LogP contribution in [0.1, 0.15) is 17.9 Å². The van der Waals surface area contributed by atoms with Crippen LogP contribution in [0.5, 0.6) is 0 Å². The van der Waals surface area contributed by atoms with Crippen LogP contribution in [0.25, 0.3) is 11.3 Å². The number of rotatable bonds is 3. The first-order valence-corrected chi connectivity index (χ1v) is 5.39. The van der Waals surface area contributed by atoms with E-state index in [4.69, 9.17) is 5.26 Å². The maximum atomic E-state index is 13.1. The van der Waals surface area contributed by atoms with Crippen molar-refractivity contribution >= 4 is 0 Å². The Morgan fingerprint density at radius 3 is 3.00 bits per heavy atom. The Kier molecular flexibility index (Phi) is 3.20. The maximum absolute atomic E-state index is 13.1. The highest BCUT2D eigenvalue weighted by molar-refractivity contribution is 5.61. The zero-order chi connectivity index (χ0) is 12.3. The third kappa shape index (κ3) is 2.51. The SMILES string of the molecule is Cc1[nH]c(CCC#N)nc1-c1cccc(F)c1. The average molecular weight is 229 g/mol. The number of hydrogen-bond donors (Lipinski definition) is 1. The van der Waals surface area contributed by atoms with Gasteiger partial charge in [-0.25, -0.2) is 9.37 Å². The fourth-order valence-electron chi connectivity index (χ4n) is 1.73. The lowest BCUT2D eigenvalue weighted by molar-refractivity contribution is 0.628. The minimum absolute atomic E-state index is 0.275. The van der Waals surface area contributed by atoms with Crippen molar-refractivity contribution in [2.75, 3.05) is 0 Å². The summed E-state index contributed by atoms with van der Waals surface area (Å²) in [7, 11) is 0. The van der Waals surface area contributed by atoms with Crippen molar-refractivity contribution in [3.8, 4) is 17.3 Å². The van der Waals surface area contributed by atoms with Crippen LogP contribution < -0.4 is 0 Å². The third-order valence-corrected chi connectivity index (χ3v) is 2.51. The van der Waals surface area contributed by atoms with Crippen LogP contribution in [-0.2, 0) is 6.42 Å². The normalized spacial score (nSPS) is 10.2. The Labute approximate surface area is 98.9 Å². The van der Waals surface area contributed by atoms with Gasteiger partial charge in [0.1, 0.15) is 11.6 Å². The summed E-state index contributed by atoms with van der Waals surface area (Å²) >= 11 is 0. The molecule has 4 heteroatoms. The number of H-pyrrole nitrogens is 1. The summed E-state index contributed by atoms with van der Waals surface area (Å²) < 4.78 is 13.1. The molecule has 0 aliphatic carbocycles. The van der Waals surface area contributed by atoms with Gasteiger partial charge >= 0.3 is 0 Å². The van der Waals surface area contributed by atoms with E-state index in [1.54, 1.807) is 6.07 Å². The van der Waals surface area contributed by atoms with Crippen molar-refractivity contribution in [2.24, 2.45) is 0 Å². The molecule has 1 aromatic heterocycles. The predicted octanol–water partition coefficient (Wildman–Crippen LogP) is 2.98. The van der Waals surface area contributed by atoms with Gasteiger partial charge in [0.05, 0.1) is 11.8 Å². The van der Waals surface area contributed by atoms with E-state index in [1.807, 2.05) is 13.0 Å². The lowest BCUT2D eigenvalue weighted by atomic mass is 10.1. The molecule has 3 nitrogen and oxygen atoms in total. The minimum atomic E-state index is -0.275. The summed E-state index contributed by atoms with van der Waals surface area (Å²) in [6, 6.07) is 8.41. The van der Waals surface area contributed by atoms with Crippen LogP contribution in [0, 0.1) is 24.1 Å². The maximum Gasteiger partial charge on any atom is 0.123 e. The molecule has 0 bridgehead atoms. The van der Waals surface area contributed by atoms with Gasteiger partial charge in [-0.15, -0.1) is 0 Å². The Balaban J connectivity index is 2.33. The third-order valence-electron chi connectivity index (χ3n) is 2.51. The van der Waals surface area contributed by atoms with E-state index in [1.165, 1.54) is 12.1 Å². The van der Waals surface area contributed by atoms with E-state index in [0.717, 1.165) is 22.8 Å². The number of benzene rings is 1. The number of nitrogens with zero attached hydrogens (tertiary/aromatic N) is 2. The van der Waals surface area contributed by atoms with Crippen molar-refractivity contribution in [3.63, 3.8) is 0 Å². The second-order valence-corrected chi connectivity index (χ2v) is 3.83. The lowest BCUT2D eigenvalue weighted by Gasteiger charge is -1.97. The van der Waals surface area contributed by atoms with E-state index in [9.17, 15) is 4.39 Å². The van der Waals surface area contributed by atoms with E-state index < -0.39 is 0 Å². The fraction of sp³-hybridized carbons (Fsp3) is 0.231. The highest BCUT2D eigenvalue weighted by atomic mass is 19.1. The van der Waals surface area contributed by atoms with Crippen LogP contribution in [0.4, 0.5) is 4.39 Å². The highest BCUT2D eigenvalue weighted by Crippen LogP contribution is 2.22. The number of imidazole rings is 1. The number of hydrogen-bond acceptors (Lipinski definition) is 2. The topological polar surface area (TPSA) is 52.5 Å². The molecule has 1 N–H and O–H groups in total. The molecule has 0 atom stereocenters. The Hall–Kier alpha value is -2.15. The highest BCUT2D eigenvalue weighted by Gasteiger charge is 2.09. The van der Waals surface area contributed by atoms with Gasteiger partial charge in [-0.2, -0.15) is 5.26 Å². The number of nitriles is 1. The smallest absolute Gasteiger partial charge is 0.123 e. The molecule has 0 aliphatic heterocycles. The second kappa shape index (κ2) is 4.79. The number of aromatic amines is 1. The first-order valence-electron chi connectivity index (χ1n) is 5.39.